The van der Waals surface area contributed by atoms with Gasteiger partial charge in [-0.1, -0.05) is 48.0 Å². The molecule has 1 amide bonds. The predicted molar refractivity (Wildman–Crippen MR) is 123 cm³/mol. The second-order valence-corrected chi connectivity index (χ2v) is 8.78. The van der Waals surface area contributed by atoms with Gasteiger partial charge in [-0.15, -0.1) is 11.8 Å². The van der Waals surface area contributed by atoms with Gasteiger partial charge < -0.3 is 9.32 Å². The van der Waals surface area contributed by atoms with Crippen LogP contribution in [0.2, 0.25) is 0 Å². The molecule has 1 atom stereocenters. The summed E-state index contributed by atoms with van der Waals surface area (Å²) in [6.45, 7) is 2.77. The lowest BCUT2D eigenvalue weighted by Gasteiger charge is -2.24. The number of rotatable bonds is 6. The summed E-state index contributed by atoms with van der Waals surface area (Å²) >= 11 is 1.66. The van der Waals surface area contributed by atoms with Gasteiger partial charge in [0.25, 0.3) is 0 Å². The van der Waals surface area contributed by atoms with Crippen LogP contribution in [0, 0.1) is 6.92 Å². The van der Waals surface area contributed by atoms with E-state index < -0.39 is 0 Å². The first-order valence-electron chi connectivity index (χ1n) is 10.3. The summed E-state index contributed by atoms with van der Waals surface area (Å²) in [5.74, 6) is 0.660. The van der Waals surface area contributed by atoms with Crippen molar-refractivity contribution in [1.82, 2.24) is 14.7 Å². The van der Waals surface area contributed by atoms with Crippen LogP contribution in [0.15, 0.2) is 83.8 Å². The third-order valence-electron chi connectivity index (χ3n) is 5.55. The third-order valence-corrected chi connectivity index (χ3v) is 6.79. The molecule has 5 nitrogen and oxygen atoms in total. The van der Waals surface area contributed by atoms with Crippen LogP contribution in [0.3, 0.4) is 0 Å². The molecule has 5 rings (SSSR count). The van der Waals surface area contributed by atoms with Crippen molar-refractivity contribution >= 4 is 17.7 Å². The number of furan rings is 1. The Hall–Kier alpha value is -3.25. The second kappa shape index (κ2) is 8.47. The van der Waals surface area contributed by atoms with E-state index in [1.54, 1.807) is 24.3 Å². The fraction of sp³-hybridized carbons (Fsp3) is 0.200. The monoisotopic (exact) mass is 429 g/mol. The first-order chi connectivity index (χ1) is 15.2. The number of aromatic nitrogens is 2. The fourth-order valence-corrected chi connectivity index (χ4v) is 5.08. The molecule has 1 aliphatic heterocycles. The second-order valence-electron chi connectivity index (χ2n) is 7.71. The number of para-hydroxylation sites is 1. The predicted octanol–water partition coefficient (Wildman–Crippen LogP) is 5.26. The van der Waals surface area contributed by atoms with Crippen LogP contribution in [0.1, 0.15) is 22.1 Å². The van der Waals surface area contributed by atoms with Gasteiger partial charge in [0, 0.05) is 23.9 Å². The number of hydrogen-bond acceptors (Lipinski definition) is 4. The zero-order valence-electron chi connectivity index (χ0n) is 17.3. The van der Waals surface area contributed by atoms with E-state index in [0.717, 1.165) is 28.9 Å². The molecule has 2 aromatic heterocycles. The number of amides is 1. The highest BCUT2D eigenvalue weighted by Gasteiger charge is 2.35. The molecule has 1 unspecified atom stereocenters. The number of benzene rings is 2. The number of nitrogens with zero attached hydrogens (tertiary/aromatic N) is 3. The minimum Gasteiger partial charge on any atom is -0.472 e. The molecule has 1 saturated heterocycles. The van der Waals surface area contributed by atoms with E-state index in [4.69, 9.17) is 9.52 Å². The van der Waals surface area contributed by atoms with Crippen LogP contribution < -0.4 is 0 Å². The van der Waals surface area contributed by atoms with Crippen LogP contribution >= 0.6 is 11.8 Å². The van der Waals surface area contributed by atoms with E-state index in [1.165, 1.54) is 11.1 Å². The Morgan fingerprint density at radius 2 is 1.90 bits per heavy atom. The lowest BCUT2D eigenvalue weighted by atomic mass is 10.1. The SMILES string of the molecule is Cc1ccc(CCN2C(=O)CSC2c2cn(-c3ccccc3)nc2-c2ccoc2)cc1. The minimum absolute atomic E-state index is 0.0692. The Morgan fingerprint density at radius 1 is 1.10 bits per heavy atom. The van der Waals surface area contributed by atoms with Crippen LogP contribution in [0.25, 0.3) is 16.9 Å². The van der Waals surface area contributed by atoms with Crippen LogP contribution in [-0.4, -0.2) is 32.9 Å². The van der Waals surface area contributed by atoms with Crippen molar-refractivity contribution in [3.05, 3.63) is 96.1 Å². The number of carbonyl (C=O) groups is 1. The quantitative estimate of drug-likeness (QED) is 0.420. The van der Waals surface area contributed by atoms with E-state index >= 15 is 0 Å². The summed E-state index contributed by atoms with van der Waals surface area (Å²) in [6.07, 6.45) is 6.24. The fourth-order valence-electron chi connectivity index (χ4n) is 3.86. The molecule has 0 spiro atoms. The zero-order chi connectivity index (χ0) is 21.2. The molecule has 156 valence electrons. The van der Waals surface area contributed by atoms with E-state index in [9.17, 15) is 4.79 Å². The number of thioether (sulfide) groups is 1. The van der Waals surface area contributed by atoms with Gasteiger partial charge in [-0.05, 0) is 37.1 Å². The molecular weight excluding hydrogens is 406 g/mol. The van der Waals surface area contributed by atoms with E-state index in [1.807, 2.05) is 52.2 Å². The van der Waals surface area contributed by atoms with Gasteiger partial charge in [0.05, 0.1) is 24.0 Å². The summed E-state index contributed by atoms with van der Waals surface area (Å²) in [5.41, 5.74) is 6.27. The molecule has 2 aromatic carbocycles. The van der Waals surface area contributed by atoms with Crippen molar-refractivity contribution in [2.45, 2.75) is 18.7 Å². The molecule has 0 radical (unpaired) electrons. The van der Waals surface area contributed by atoms with Crippen molar-refractivity contribution in [2.24, 2.45) is 0 Å². The van der Waals surface area contributed by atoms with Crippen molar-refractivity contribution < 1.29 is 9.21 Å². The zero-order valence-corrected chi connectivity index (χ0v) is 18.1. The maximum Gasteiger partial charge on any atom is 0.233 e. The molecular formula is C25H23N3O2S. The summed E-state index contributed by atoms with van der Waals surface area (Å²) < 4.78 is 7.22. The van der Waals surface area contributed by atoms with Crippen molar-refractivity contribution in [2.75, 3.05) is 12.3 Å². The topological polar surface area (TPSA) is 51.3 Å². The Labute approximate surface area is 185 Å². The summed E-state index contributed by atoms with van der Waals surface area (Å²) in [5, 5.41) is 4.79. The average Bonchev–Trinajstić information content (AvgIpc) is 3.54. The first kappa shape index (κ1) is 19.7. The Bertz CT molecular complexity index is 1170. The smallest absolute Gasteiger partial charge is 0.233 e. The summed E-state index contributed by atoms with van der Waals surface area (Å²) in [7, 11) is 0. The maximum absolute atomic E-state index is 12.8. The molecule has 6 heteroatoms. The van der Waals surface area contributed by atoms with Gasteiger partial charge >= 0.3 is 0 Å². The minimum atomic E-state index is -0.0692. The van der Waals surface area contributed by atoms with Gasteiger partial charge in [-0.25, -0.2) is 4.68 Å². The highest BCUT2D eigenvalue weighted by molar-refractivity contribution is 8.00. The largest absolute Gasteiger partial charge is 0.472 e. The molecule has 1 aliphatic rings. The highest BCUT2D eigenvalue weighted by atomic mass is 32.2. The van der Waals surface area contributed by atoms with E-state index in [2.05, 4.69) is 31.2 Å². The standard InChI is InChI=1S/C25H23N3O2S/c1-18-7-9-19(10-8-18)11-13-27-23(29)17-31-25(27)22-15-28(21-5-3-2-4-6-21)26-24(22)20-12-14-30-16-20/h2-10,12,14-16,25H,11,13,17H2,1H3. The maximum atomic E-state index is 12.8. The molecule has 0 N–H and O–H groups in total. The van der Waals surface area contributed by atoms with Crippen molar-refractivity contribution in [1.29, 1.82) is 0 Å². The van der Waals surface area contributed by atoms with Crippen LogP contribution in [0.4, 0.5) is 0 Å². The normalized spacial score (nSPS) is 16.2. The first-order valence-corrected chi connectivity index (χ1v) is 11.4. The number of aryl methyl sites for hydroxylation is 1. The molecule has 0 aliphatic carbocycles. The molecule has 1 fully saturated rings. The van der Waals surface area contributed by atoms with Gasteiger partial charge in [-0.2, -0.15) is 5.10 Å². The van der Waals surface area contributed by atoms with Crippen molar-refractivity contribution in [3.63, 3.8) is 0 Å². The van der Waals surface area contributed by atoms with Gasteiger partial charge in [-0.3, -0.25) is 4.79 Å². The average molecular weight is 430 g/mol. The molecule has 4 aromatic rings. The van der Waals surface area contributed by atoms with Gasteiger partial charge in [0.2, 0.25) is 5.91 Å². The van der Waals surface area contributed by atoms with E-state index in [-0.39, 0.29) is 11.3 Å². The van der Waals surface area contributed by atoms with Gasteiger partial charge in [0.15, 0.2) is 0 Å². The summed E-state index contributed by atoms with van der Waals surface area (Å²) in [6, 6.07) is 20.5. The molecule has 31 heavy (non-hydrogen) atoms. The lowest BCUT2D eigenvalue weighted by Crippen LogP contribution is -2.30. The Kier molecular flexibility index (Phi) is 5.38. The number of carbonyl (C=O) groups excluding carboxylic acids is 1. The van der Waals surface area contributed by atoms with Crippen LogP contribution in [0.5, 0.6) is 0 Å². The Morgan fingerprint density at radius 3 is 2.65 bits per heavy atom. The van der Waals surface area contributed by atoms with Gasteiger partial charge in [0.1, 0.15) is 11.1 Å². The van der Waals surface area contributed by atoms with E-state index in [0.29, 0.717) is 12.3 Å². The third kappa shape index (κ3) is 4.03. The van der Waals surface area contributed by atoms with Crippen molar-refractivity contribution in [3.8, 4) is 16.9 Å². The molecule has 0 saturated carbocycles. The van der Waals surface area contributed by atoms with Crippen LogP contribution in [-0.2, 0) is 11.2 Å². The highest BCUT2D eigenvalue weighted by Crippen LogP contribution is 2.42. The Balaban J connectivity index is 1.47. The lowest BCUT2D eigenvalue weighted by molar-refractivity contribution is -0.128. The summed E-state index contributed by atoms with van der Waals surface area (Å²) in [4.78, 5) is 14.8. The molecule has 0 bridgehead atoms. The molecule has 3 heterocycles. The number of hydrogen-bond donors (Lipinski definition) is 0.